The minimum Gasteiger partial charge on any atom is -0.274 e. The number of hydrogen-bond acceptors (Lipinski definition) is 4. The van der Waals surface area contributed by atoms with Gasteiger partial charge in [0.25, 0.3) is 11.8 Å². The molecule has 0 bridgehead atoms. The Bertz CT molecular complexity index is 688. The van der Waals surface area contributed by atoms with E-state index >= 15 is 0 Å². The van der Waals surface area contributed by atoms with E-state index in [9.17, 15) is 9.59 Å². The Morgan fingerprint density at radius 2 is 1.95 bits per heavy atom. The van der Waals surface area contributed by atoms with E-state index in [0.29, 0.717) is 34.6 Å². The van der Waals surface area contributed by atoms with E-state index in [2.05, 4.69) is 29.0 Å². The summed E-state index contributed by atoms with van der Waals surface area (Å²) in [6.45, 7) is 4.61. The number of fused-ring (bicyclic) bond motifs is 3. The van der Waals surface area contributed by atoms with Crippen molar-refractivity contribution in [2.45, 2.75) is 26.7 Å². The summed E-state index contributed by atoms with van der Waals surface area (Å²) in [5, 5.41) is 7.22. The molecule has 1 aliphatic heterocycles. The zero-order chi connectivity index (χ0) is 14.3. The van der Waals surface area contributed by atoms with Crippen LogP contribution in [0.25, 0.3) is 11.0 Å². The largest absolute Gasteiger partial charge is 0.274 e. The van der Waals surface area contributed by atoms with Gasteiger partial charge in [-0.3, -0.25) is 19.6 Å². The molecule has 104 valence electrons. The van der Waals surface area contributed by atoms with E-state index in [1.54, 1.807) is 6.20 Å². The van der Waals surface area contributed by atoms with Gasteiger partial charge in [0.1, 0.15) is 0 Å². The van der Waals surface area contributed by atoms with Gasteiger partial charge in [-0.05, 0) is 5.92 Å². The number of nitrogens with zero attached hydrogens (tertiary/aromatic N) is 3. The summed E-state index contributed by atoms with van der Waals surface area (Å²) in [5.41, 5.74) is 1.35. The summed E-state index contributed by atoms with van der Waals surface area (Å²) >= 11 is 0. The van der Waals surface area contributed by atoms with Crippen molar-refractivity contribution in [3.63, 3.8) is 0 Å². The van der Waals surface area contributed by atoms with Crippen LogP contribution in [0.3, 0.4) is 0 Å². The second kappa shape index (κ2) is 4.70. The molecular weight excluding hydrogens is 256 g/mol. The molecule has 0 radical (unpaired) electrons. The number of pyridine rings is 1. The lowest BCUT2D eigenvalue weighted by Gasteiger charge is -2.19. The normalized spacial score (nSPS) is 14.7. The zero-order valence-electron chi connectivity index (χ0n) is 11.5. The van der Waals surface area contributed by atoms with Crippen LogP contribution in [0, 0.1) is 5.92 Å². The van der Waals surface area contributed by atoms with Crippen molar-refractivity contribution in [2.75, 3.05) is 6.54 Å². The molecule has 2 aromatic rings. The molecule has 6 heteroatoms. The Kier molecular flexibility index (Phi) is 3.00. The number of carbonyl (C=O) groups excluding carboxylic acids is 2. The van der Waals surface area contributed by atoms with Crippen LogP contribution in [0.1, 0.15) is 47.4 Å². The highest BCUT2D eigenvalue weighted by molar-refractivity contribution is 6.25. The summed E-state index contributed by atoms with van der Waals surface area (Å²) in [4.78, 5) is 30.4. The first-order valence-corrected chi connectivity index (χ1v) is 6.85. The van der Waals surface area contributed by atoms with Gasteiger partial charge in [-0.2, -0.15) is 5.10 Å². The predicted octanol–water partition coefficient (Wildman–Crippen LogP) is 1.99. The molecule has 0 spiro atoms. The zero-order valence-corrected chi connectivity index (χ0v) is 11.5. The lowest BCUT2D eigenvalue weighted by Crippen LogP contribution is -2.34. The second-order valence-corrected chi connectivity index (χ2v) is 5.08. The van der Waals surface area contributed by atoms with Crippen molar-refractivity contribution in [3.05, 3.63) is 23.5 Å². The van der Waals surface area contributed by atoms with Crippen molar-refractivity contribution in [3.8, 4) is 0 Å². The number of hydrogen-bond donors (Lipinski definition) is 1. The standard InChI is InChI=1S/C14H16N4O2/c1-3-8(4-2)7-18-13(19)10-5-15-12-9(6-16-17-12)11(10)14(18)20/h5-6,8H,3-4,7H2,1-2H3,(H,15,16,17). The Morgan fingerprint density at radius 3 is 2.65 bits per heavy atom. The molecule has 6 nitrogen and oxygen atoms in total. The number of aromatic amines is 1. The van der Waals surface area contributed by atoms with Gasteiger partial charge < -0.3 is 0 Å². The molecule has 0 saturated heterocycles. The van der Waals surface area contributed by atoms with Crippen LogP contribution >= 0.6 is 0 Å². The van der Waals surface area contributed by atoms with Gasteiger partial charge in [-0.1, -0.05) is 26.7 Å². The Morgan fingerprint density at radius 1 is 1.20 bits per heavy atom. The maximum absolute atomic E-state index is 12.5. The van der Waals surface area contributed by atoms with E-state index < -0.39 is 0 Å². The number of imide groups is 1. The van der Waals surface area contributed by atoms with E-state index in [1.807, 2.05) is 0 Å². The minimum absolute atomic E-state index is 0.231. The summed E-state index contributed by atoms with van der Waals surface area (Å²) in [6, 6.07) is 0. The minimum atomic E-state index is -0.243. The molecule has 2 amide bonds. The van der Waals surface area contributed by atoms with Crippen molar-refractivity contribution < 1.29 is 9.59 Å². The van der Waals surface area contributed by atoms with E-state index in [-0.39, 0.29) is 11.8 Å². The van der Waals surface area contributed by atoms with Crippen molar-refractivity contribution in [2.24, 2.45) is 5.92 Å². The van der Waals surface area contributed by atoms with Gasteiger partial charge in [0, 0.05) is 12.7 Å². The van der Waals surface area contributed by atoms with Crippen LogP contribution in [0.2, 0.25) is 0 Å². The molecule has 0 atom stereocenters. The highest BCUT2D eigenvalue weighted by atomic mass is 16.2. The van der Waals surface area contributed by atoms with Gasteiger partial charge in [-0.15, -0.1) is 0 Å². The molecule has 3 rings (SSSR count). The Labute approximate surface area is 116 Å². The lowest BCUT2D eigenvalue weighted by molar-refractivity contribution is 0.0627. The number of rotatable bonds is 4. The van der Waals surface area contributed by atoms with E-state index in [1.165, 1.54) is 11.1 Å². The molecule has 1 aliphatic rings. The maximum atomic E-state index is 12.5. The molecule has 20 heavy (non-hydrogen) atoms. The van der Waals surface area contributed by atoms with Crippen LogP contribution in [0.15, 0.2) is 12.4 Å². The molecular formula is C14H16N4O2. The molecule has 1 N–H and O–H groups in total. The highest BCUT2D eigenvalue weighted by Crippen LogP contribution is 2.29. The molecule has 0 unspecified atom stereocenters. The lowest BCUT2D eigenvalue weighted by atomic mass is 10.0. The summed E-state index contributed by atoms with van der Waals surface area (Å²) in [7, 11) is 0. The van der Waals surface area contributed by atoms with E-state index in [4.69, 9.17) is 0 Å². The number of amides is 2. The third kappa shape index (κ3) is 1.71. The van der Waals surface area contributed by atoms with Crippen LogP contribution in [-0.2, 0) is 0 Å². The van der Waals surface area contributed by atoms with Gasteiger partial charge in [0.2, 0.25) is 0 Å². The first kappa shape index (κ1) is 12.8. The Balaban J connectivity index is 2.03. The fraction of sp³-hybridized carbons (Fsp3) is 0.429. The van der Waals surface area contributed by atoms with Crippen LogP contribution in [-0.4, -0.2) is 38.4 Å². The van der Waals surface area contributed by atoms with Crippen molar-refractivity contribution in [1.82, 2.24) is 20.1 Å². The SMILES string of the molecule is CCC(CC)CN1C(=O)c2cnc3[nH]ncc3c2C1=O. The van der Waals surface area contributed by atoms with Gasteiger partial charge in [0.15, 0.2) is 5.65 Å². The first-order valence-electron chi connectivity index (χ1n) is 6.85. The van der Waals surface area contributed by atoms with Crippen LogP contribution in [0.5, 0.6) is 0 Å². The van der Waals surface area contributed by atoms with Crippen LogP contribution in [0.4, 0.5) is 0 Å². The summed E-state index contributed by atoms with van der Waals surface area (Å²) < 4.78 is 0. The topological polar surface area (TPSA) is 79.0 Å². The average Bonchev–Trinajstić information content (AvgIpc) is 3.02. The number of aromatic nitrogens is 3. The van der Waals surface area contributed by atoms with E-state index in [0.717, 1.165) is 12.8 Å². The number of H-pyrrole nitrogens is 1. The Hall–Kier alpha value is -2.24. The third-order valence-electron chi connectivity index (χ3n) is 4.01. The monoisotopic (exact) mass is 272 g/mol. The van der Waals surface area contributed by atoms with Gasteiger partial charge in [0.05, 0.1) is 22.7 Å². The molecule has 0 aliphatic carbocycles. The van der Waals surface area contributed by atoms with Crippen LogP contribution < -0.4 is 0 Å². The first-order chi connectivity index (χ1) is 9.67. The molecule has 0 saturated carbocycles. The van der Waals surface area contributed by atoms with Gasteiger partial charge >= 0.3 is 0 Å². The van der Waals surface area contributed by atoms with Crippen molar-refractivity contribution >= 4 is 22.8 Å². The smallest absolute Gasteiger partial charge is 0.263 e. The quantitative estimate of drug-likeness (QED) is 0.863. The fourth-order valence-corrected chi connectivity index (χ4v) is 2.64. The second-order valence-electron chi connectivity index (χ2n) is 5.08. The number of carbonyl (C=O) groups is 2. The van der Waals surface area contributed by atoms with Crippen molar-refractivity contribution in [1.29, 1.82) is 0 Å². The summed E-state index contributed by atoms with van der Waals surface area (Å²) in [6.07, 6.45) is 4.91. The summed E-state index contributed by atoms with van der Waals surface area (Å²) in [5.74, 6) is -0.136. The number of nitrogens with one attached hydrogen (secondary N) is 1. The average molecular weight is 272 g/mol. The molecule has 0 aromatic carbocycles. The maximum Gasteiger partial charge on any atom is 0.263 e. The predicted molar refractivity (Wildman–Crippen MR) is 73.3 cm³/mol. The molecule has 3 heterocycles. The van der Waals surface area contributed by atoms with Gasteiger partial charge in [-0.25, -0.2) is 4.98 Å². The fourth-order valence-electron chi connectivity index (χ4n) is 2.64. The highest BCUT2D eigenvalue weighted by Gasteiger charge is 2.38. The molecule has 2 aromatic heterocycles. The third-order valence-corrected chi connectivity index (χ3v) is 4.01. The molecule has 0 fully saturated rings.